The number of carbonyl (C=O) groups is 1. The zero-order chi connectivity index (χ0) is 14.2. The van der Waals surface area contributed by atoms with Gasteiger partial charge in [0, 0.05) is 24.1 Å². The van der Waals surface area contributed by atoms with Crippen molar-refractivity contribution in [1.82, 2.24) is 4.98 Å². The number of aromatic nitrogens is 1. The monoisotopic (exact) mass is 280 g/mol. The summed E-state index contributed by atoms with van der Waals surface area (Å²) < 4.78 is 5.90. The van der Waals surface area contributed by atoms with Crippen LogP contribution in [0.1, 0.15) is 33.6 Å². The van der Waals surface area contributed by atoms with E-state index in [9.17, 15) is 4.79 Å². The molecule has 2 heterocycles. The molecule has 0 atom stereocenters. The molecule has 21 heavy (non-hydrogen) atoms. The van der Waals surface area contributed by atoms with Crippen molar-refractivity contribution in [2.24, 2.45) is 0 Å². The lowest BCUT2D eigenvalue weighted by Crippen LogP contribution is -2.02. The smallest absolute Gasteiger partial charge is 0.163 e. The highest BCUT2D eigenvalue weighted by atomic mass is 16.5. The summed E-state index contributed by atoms with van der Waals surface area (Å²) in [4.78, 5) is 16.3. The number of benzene rings is 1. The van der Waals surface area contributed by atoms with Gasteiger partial charge in [-0.15, -0.1) is 0 Å². The zero-order valence-electron chi connectivity index (χ0n) is 11.7. The van der Waals surface area contributed by atoms with Crippen LogP contribution in [0.5, 0.6) is 5.75 Å². The molecule has 1 aromatic carbocycles. The Morgan fingerprint density at radius 2 is 2.10 bits per heavy atom. The normalized spacial score (nSPS) is 15.5. The van der Waals surface area contributed by atoms with Gasteiger partial charge in [-0.3, -0.25) is 4.79 Å². The number of ether oxygens (including phenoxy) is 1. The molecule has 0 saturated heterocycles. The number of nitrogens with zero attached hydrogens (tertiary/aromatic N) is 1. The molecule has 0 amide bonds. The predicted molar refractivity (Wildman–Crippen MR) is 79.9 cm³/mol. The van der Waals surface area contributed by atoms with Crippen LogP contribution in [0.3, 0.4) is 0 Å². The minimum Gasteiger partial charge on any atom is -0.487 e. The molecule has 0 saturated carbocycles. The maximum Gasteiger partial charge on any atom is 0.163 e. The second-order valence-electron chi connectivity index (χ2n) is 5.48. The van der Waals surface area contributed by atoms with Crippen LogP contribution in [0.4, 0.5) is 5.82 Å². The number of hydrogen-bond acceptors (Lipinski definition) is 4. The summed E-state index contributed by atoms with van der Waals surface area (Å²) in [5.74, 6) is 2.01. The molecule has 1 aliphatic carbocycles. The number of nitrogens with one attached hydrogen (secondary N) is 1. The third kappa shape index (κ3) is 2.17. The molecule has 4 rings (SSSR count). The van der Waals surface area contributed by atoms with Crippen LogP contribution in [-0.2, 0) is 19.4 Å². The van der Waals surface area contributed by atoms with Crippen molar-refractivity contribution >= 4 is 11.6 Å². The Morgan fingerprint density at radius 3 is 3.05 bits per heavy atom. The summed E-state index contributed by atoms with van der Waals surface area (Å²) in [7, 11) is 0. The van der Waals surface area contributed by atoms with Gasteiger partial charge in [-0.05, 0) is 30.5 Å². The van der Waals surface area contributed by atoms with E-state index in [2.05, 4.69) is 16.4 Å². The third-order valence-corrected chi connectivity index (χ3v) is 4.13. The number of fused-ring (bicyclic) bond motifs is 2. The first kappa shape index (κ1) is 12.4. The number of rotatable bonds is 3. The van der Waals surface area contributed by atoms with Gasteiger partial charge in [0.05, 0.1) is 5.69 Å². The minimum absolute atomic E-state index is 0.218. The zero-order valence-corrected chi connectivity index (χ0v) is 11.7. The van der Waals surface area contributed by atoms with Crippen LogP contribution in [-0.4, -0.2) is 17.3 Å². The minimum atomic E-state index is 0.218. The van der Waals surface area contributed by atoms with Gasteiger partial charge < -0.3 is 10.1 Å². The van der Waals surface area contributed by atoms with E-state index in [0.29, 0.717) is 13.0 Å². The van der Waals surface area contributed by atoms with Gasteiger partial charge >= 0.3 is 0 Å². The number of carbonyl (C=O) groups excluding carboxylic acids is 1. The second kappa shape index (κ2) is 4.88. The van der Waals surface area contributed by atoms with Crippen LogP contribution in [0.25, 0.3) is 0 Å². The summed E-state index contributed by atoms with van der Waals surface area (Å²) in [5.41, 5.74) is 4.04. The summed E-state index contributed by atoms with van der Waals surface area (Å²) in [6, 6.07) is 9.83. The molecule has 2 aliphatic rings. The van der Waals surface area contributed by atoms with Crippen LogP contribution in [0.15, 0.2) is 30.3 Å². The van der Waals surface area contributed by atoms with Crippen LogP contribution in [0, 0.1) is 0 Å². The van der Waals surface area contributed by atoms with Crippen molar-refractivity contribution in [1.29, 1.82) is 0 Å². The lowest BCUT2D eigenvalue weighted by molar-refractivity contribution is 0.0994. The van der Waals surface area contributed by atoms with Crippen molar-refractivity contribution in [3.05, 3.63) is 52.7 Å². The molecule has 1 aromatic heterocycles. The van der Waals surface area contributed by atoms with Crippen molar-refractivity contribution in [2.75, 3.05) is 11.9 Å². The number of Topliss-reactive ketones (excluding diaryl/α,β-unsaturated/α-hetero) is 1. The maximum atomic E-state index is 11.7. The fraction of sp³-hybridized carbons (Fsp3) is 0.294. The Balaban J connectivity index is 1.54. The van der Waals surface area contributed by atoms with E-state index in [-0.39, 0.29) is 5.78 Å². The molecule has 4 nitrogen and oxygen atoms in total. The van der Waals surface area contributed by atoms with E-state index in [0.717, 1.165) is 47.8 Å². The van der Waals surface area contributed by atoms with Crippen LogP contribution < -0.4 is 10.1 Å². The Labute approximate surface area is 123 Å². The summed E-state index contributed by atoms with van der Waals surface area (Å²) >= 11 is 0. The molecule has 0 radical (unpaired) electrons. The Bertz CT molecular complexity index is 725. The van der Waals surface area contributed by atoms with Gasteiger partial charge in [-0.1, -0.05) is 18.2 Å². The standard InChI is InChI=1S/C17H16N2O2/c20-15-7-6-14-13(15)2-1-3-16(14)21-10-12-5-4-11-8-9-18-17(11)19-12/h1-5H,6-10H2,(H,18,19). The van der Waals surface area contributed by atoms with Crippen LogP contribution in [0.2, 0.25) is 0 Å². The summed E-state index contributed by atoms with van der Waals surface area (Å²) in [6.45, 7) is 1.39. The highest BCUT2D eigenvalue weighted by molar-refractivity contribution is 6.01. The van der Waals surface area contributed by atoms with Crippen molar-refractivity contribution in [3.63, 3.8) is 0 Å². The fourth-order valence-electron chi connectivity index (χ4n) is 3.02. The van der Waals surface area contributed by atoms with Crippen LogP contribution >= 0.6 is 0 Å². The first-order valence-corrected chi connectivity index (χ1v) is 7.32. The van der Waals surface area contributed by atoms with Crippen molar-refractivity contribution in [3.8, 4) is 5.75 Å². The molecular formula is C17H16N2O2. The Hall–Kier alpha value is -2.36. The molecule has 106 valence electrons. The van der Waals surface area contributed by atoms with E-state index in [1.54, 1.807) is 0 Å². The average Bonchev–Trinajstić information content (AvgIpc) is 3.12. The highest BCUT2D eigenvalue weighted by Crippen LogP contribution is 2.31. The van der Waals surface area contributed by atoms with E-state index in [1.165, 1.54) is 5.56 Å². The maximum absolute atomic E-state index is 11.7. The number of ketones is 1. The predicted octanol–water partition coefficient (Wildman–Crippen LogP) is 2.76. The highest BCUT2D eigenvalue weighted by Gasteiger charge is 2.22. The number of anilines is 1. The molecular weight excluding hydrogens is 264 g/mol. The van der Waals surface area contributed by atoms with E-state index < -0.39 is 0 Å². The molecule has 1 aliphatic heterocycles. The topological polar surface area (TPSA) is 51.2 Å². The first-order valence-electron chi connectivity index (χ1n) is 7.32. The molecule has 0 bridgehead atoms. The van der Waals surface area contributed by atoms with Gasteiger partial charge in [0.15, 0.2) is 5.78 Å². The lowest BCUT2D eigenvalue weighted by atomic mass is 10.1. The molecule has 2 aromatic rings. The first-order chi connectivity index (χ1) is 10.3. The fourth-order valence-corrected chi connectivity index (χ4v) is 3.02. The average molecular weight is 280 g/mol. The molecule has 0 unspecified atom stereocenters. The van der Waals surface area contributed by atoms with Crippen molar-refractivity contribution in [2.45, 2.75) is 25.9 Å². The third-order valence-electron chi connectivity index (χ3n) is 4.13. The SMILES string of the molecule is O=C1CCc2c(OCc3ccc4c(n3)NCC4)cccc21. The Kier molecular flexibility index (Phi) is 2.88. The van der Waals surface area contributed by atoms with Gasteiger partial charge in [-0.2, -0.15) is 0 Å². The largest absolute Gasteiger partial charge is 0.487 e. The van der Waals surface area contributed by atoms with Gasteiger partial charge in [0.25, 0.3) is 0 Å². The summed E-state index contributed by atoms with van der Waals surface area (Å²) in [5, 5.41) is 3.27. The second-order valence-corrected chi connectivity index (χ2v) is 5.48. The van der Waals surface area contributed by atoms with Crippen molar-refractivity contribution < 1.29 is 9.53 Å². The molecule has 4 heteroatoms. The van der Waals surface area contributed by atoms with Gasteiger partial charge in [0.2, 0.25) is 0 Å². The molecule has 0 fully saturated rings. The molecule has 1 N–H and O–H groups in total. The van der Waals surface area contributed by atoms with E-state index in [1.807, 2.05) is 24.3 Å². The summed E-state index contributed by atoms with van der Waals surface area (Å²) in [6.07, 6.45) is 2.41. The van der Waals surface area contributed by atoms with E-state index in [4.69, 9.17) is 4.74 Å². The molecule has 0 spiro atoms. The van der Waals surface area contributed by atoms with Gasteiger partial charge in [0.1, 0.15) is 18.2 Å². The Morgan fingerprint density at radius 1 is 1.14 bits per heavy atom. The quantitative estimate of drug-likeness (QED) is 0.939. The van der Waals surface area contributed by atoms with Gasteiger partial charge in [-0.25, -0.2) is 4.98 Å². The number of hydrogen-bond donors (Lipinski definition) is 1. The number of pyridine rings is 1. The lowest BCUT2D eigenvalue weighted by Gasteiger charge is -2.10. The van der Waals surface area contributed by atoms with E-state index >= 15 is 0 Å².